The molecule has 2 aliphatic rings. The number of allylic oxidation sites excluding steroid dienone is 2. The summed E-state index contributed by atoms with van der Waals surface area (Å²) in [5, 5.41) is 0. The smallest absolute Gasteiger partial charge is 0.0546 e. The quantitative estimate of drug-likeness (QED) is 0.618. The minimum atomic E-state index is 0.281. The Morgan fingerprint density at radius 2 is 1.92 bits per heavy atom. The number of hydrogen-bond donors (Lipinski definition) is 0. The molecule has 2 aliphatic carbocycles. The molecule has 0 aliphatic heterocycles. The van der Waals surface area contributed by atoms with Gasteiger partial charge in [0.1, 0.15) is 0 Å². The Morgan fingerprint density at radius 1 is 1.23 bits per heavy atom. The fourth-order valence-corrected chi connectivity index (χ4v) is 3.00. The molecule has 0 saturated heterocycles. The Kier molecular flexibility index (Phi) is 2.43. The summed E-state index contributed by atoms with van der Waals surface area (Å²) in [4.78, 5) is 0. The molecule has 2 heteroatoms. The molecule has 0 heterocycles. The highest BCUT2D eigenvalue weighted by Crippen LogP contribution is 2.52. The summed E-state index contributed by atoms with van der Waals surface area (Å²) in [5.74, 6) is 1.48. The van der Waals surface area contributed by atoms with Crippen molar-refractivity contribution >= 4 is 0 Å². The molecule has 13 heavy (non-hydrogen) atoms. The normalized spacial score (nSPS) is 34.3. The molecule has 2 atom stereocenters. The molecular weight excluding hydrogens is 164 g/mol. The lowest BCUT2D eigenvalue weighted by Crippen LogP contribution is -2.35. The average Bonchev–Trinajstić information content (AvgIpc) is 2.64. The van der Waals surface area contributed by atoms with E-state index in [0.717, 1.165) is 19.1 Å². The monoisotopic (exact) mass is 182 g/mol. The predicted molar refractivity (Wildman–Crippen MR) is 51.5 cm³/mol. The number of methoxy groups -OCH3 is 2. The molecule has 2 bridgehead atoms. The summed E-state index contributed by atoms with van der Waals surface area (Å²) in [7, 11) is 3.57. The van der Waals surface area contributed by atoms with E-state index < -0.39 is 0 Å². The Morgan fingerprint density at radius 3 is 2.31 bits per heavy atom. The molecule has 74 valence electrons. The van der Waals surface area contributed by atoms with E-state index >= 15 is 0 Å². The first kappa shape index (κ1) is 9.22. The molecule has 0 N–H and O–H groups in total. The van der Waals surface area contributed by atoms with Gasteiger partial charge in [0.05, 0.1) is 13.2 Å². The van der Waals surface area contributed by atoms with Crippen LogP contribution in [0.15, 0.2) is 12.2 Å². The number of fused-ring (bicyclic) bond motifs is 2. The van der Waals surface area contributed by atoms with E-state index in [4.69, 9.17) is 9.47 Å². The van der Waals surface area contributed by atoms with Crippen LogP contribution in [-0.4, -0.2) is 27.4 Å². The van der Waals surface area contributed by atoms with Crippen LogP contribution in [0.25, 0.3) is 0 Å². The van der Waals surface area contributed by atoms with Gasteiger partial charge < -0.3 is 9.47 Å². The van der Waals surface area contributed by atoms with E-state index in [0.29, 0.717) is 5.92 Å². The maximum atomic E-state index is 5.32. The lowest BCUT2D eigenvalue weighted by molar-refractivity contribution is -0.00665. The van der Waals surface area contributed by atoms with Crippen LogP contribution in [-0.2, 0) is 9.47 Å². The van der Waals surface area contributed by atoms with Crippen LogP contribution in [0.4, 0.5) is 0 Å². The van der Waals surface area contributed by atoms with Gasteiger partial charge in [-0.05, 0) is 24.7 Å². The third kappa shape index (κ3) is 1.42. The van der Waals surface area contributed by atoms with Gasteiger partial charge in [-0.2, -0.15) is 0 Å². The summed E-state index contributed by atoms with van der Waals surface area (Å²) in [6.45, 7) is 1.68. The molecule has 0 unspecified atom stereocenters. The summed E-state index contributed by atoms with van der Waals surface area (Å²) in [5.41, 5.74) is 0.281. The zero-order chi connectivity index (χ0) is 9.31. The molecule has 0 aromatic rings. The lowest BCUT2D eigenvalue weighted by atomic mass is 9.77. The molecule has 0 aromatic heterocycles. The van der Waals surface area contributed by atoms with Crippen molar-refractivity contribution < 1.29 is 9.47 Å². The molecule has 1 saturated carbocycles. The molecule has 0 amide bonds. The van der Waals surface area contributed by atoms with E-state index in [1.807, 2.05) is 0 Å². The van der Waals surface area contributed by atoms with Crippen LogP contribution in [0, 0.1) is 17.3 Å². The largest absolute Gasteiger partial charge is 0.384 e. The van der Waals surface area contributed by atoms with Crippen LogP contribution in [0.2, 0.25) is 0 Å². The minimum absolute atomic E-state index is 0.281. The van der Waals surface area contributed by atoms with Gasteiger partial charge in [0.15, 0.2) is 0 Å². The summed E-state index contributed by atoms with van der Waals surface area (Å²) in [6, 6.07) is 0. The highest BCUT2D eigenvalue weighted by atomic mass is 16.5. The van der Waals surface area contributed by atoms with Gasteiger partial charge >= 0.3 is 0 Å². The zero-order valence-electron chi connectivity index (χ0n) is 8.45. The van der Waals surface area contributed by atoms with Gasteiger partial charge in [0.2, 0.25) is 0 Å². The predicted octanol–water partition coefficient (Wildman–Crippen LogP) is 1.86. The van der Waals surface area contributed by atoms with Crippen LogP contribution in [0.1, 0.15) is 12.8 Å². The second-order valence-electron chi connectivity index (χ2n) is 4.42. The molecule has 2 nitrogen and oxygen atoms in total. The van der Waals surface area contributed by atoms with Gasteiger partial charge in [-0.25, -0.2) is 0 Å². The summed E-state index contributed by atoms with van der Waals surface area (Å²) in [6.07, 6.45) is 7.27. The summed E-state index contributed by atoms with van der Waals surface area (Å²) < 4.78 is 10.6. The molecule has 0 radical (unpaired) electrons. The Balaban J connectivity index is 2.10. The first-order valence-corrected chi connectivity index (χ1v) is 4.97. The van der Waals surface area contributed by atoms with Gasteiger partial charge in [-0.3, -0.25) is 0 Å². The SMILES string of the molecule is COCC1(COC)C[C@H]2C=C[C@@H]1C2. The number of rotatable bonds is 4. The van der Waals surface area contributed by atoms with Gasteiger partial charge in [-0.1, -0.05) is 12.2 Å². The van der Waals surface area contributed by atoms with Crippen molar-refractivity contribution in [2.24, 2.45) is 17.3 Å². The first-order chi connectivity index (χ1) is 6.30. The van der Waals surface area contributed by atoms with Crippen molar-refractivity contribution in [1.82, 2.24) is 0 Å². The highest BCUT2D eigenvalue weighted by molar-refractivity contribution is 5.15. The van der Waals surface area contributed by atoms with E-state index in [1.54, 1.807) is 14.2 Å². The maximum absolute atomic E-state index is 5.32. The molecule has 2 rings (SSSR count). The second kappa shape index (κ2) is 3.43. The van der Waals surface area contributed by atoms with E-state index in [9.17, 15) is 0 Å². The second-order valence-corrected chi connectivity index (χ2v) is 4.42. The van der Waals surface area contributed by atoms with Crippen molar-refractivity contribution in [3.05, 3.63) is 12.2 Å². The highest BCUT2D eigenvalue weighted by Gasteiger charge is 2.48. The Labute approximate surface area is 79.9 Å². The third-order valence-electron chi connectivity index (χ3n) is 3.49. The van der Waals surface area contributed by atoms with E-state index in [2.05, 4.69) is 12.2 Å². The van der Waals surface area contributed by atoms with Gasteiger partial charge in [0, 0.05) is 19.6 Å². The Hall–Kier alpha value is -0.340. The average molecular weight is 182 g/mol. The van der Waals surface area contributed by atoms with Gasteiger partial charge in [-0.15, -0.1) is 0 Å². The maximum Gasteiger partial charge on any atom is 0.0546 e. The van der Waals surface area contributed by atoms with E-state index in [1.165, 1.54) is 12.8 Å². The standard InChI is InChI=1S/C11H18O2/c1-12-7-11(8-13-2)6-9-3-4-10(11)5-9/h3-4,9-10H,5-8H2,1-2H3/t9-,10+/m0/s1. The molecule has 0 spiro atoms. The van der Waals surface area contributed by atoms with Crippen LogP contribution in [0.5, 0.6) is 0 Å². The van der Waals surface area contributed by atoms with Crippen LogP contribution < -0.4 is 0 Å². The van der Waals surface area contributed by atoms with Crippen molar-refractivity contribution in [3.63, 3.8) is 0 Å². The fourth-order valence-electron chi connectivity index (χ4n) is 3.00. The van der Waals surface area contributed by atoms with Crippen molar-refractivity contribution in [1.29, 1.82) is 0 Å². The topological polar surface area (TPSA) is 18.5 Å². The fraction of sp³-hybridized carbons (Fsp3) is 0.818. The third-order valence-corrected chi connectivity index (χ3v) is 3.49. The molecule has 1 fully saturated rings. The Bertz CT molecular complexity index is 204. The van der Waals surface area contributed by atoms with E-state index in [-0.39, 0.29) is 5.41 Å². The first-order valence-electron chi connectivity index (χ1n) is 4.97. The minimum Gasteiger partial charge on any atom is -0.384 e. The van der Waals surface area contributed by atoms with Gasteiger partial charge in [0.25, 0.3) is 0 Å². The van der Waals surface area contributed by atoms with Crippen molar-refractivity contribution in [3.8, 4) is 0 Å². The lowest BCUT2D eigenvalue weighted by Gasteiger charge is -2.34. The van der Waals surface area contributed by atoms with Crippen LogP contribution in [0.3, 0.4) is 0 Å². The zero-order valence-corrected chi connectivity index (χ0v) is 8.45. The molecule has 0 aromatic carbocycles. The number of hydrogen-bond acceptors (Lipinski definition) is 2. The van der Waals surface area contributed by atoms with Crippen molar-refractivity contribution in [2.75, 3.05) is 27.4 Å². The van der Waals surface area contributed by atoms with Crippen molar-refractivity contribution in [2.45, 2.75) is 12.8 Å². The summed E-state index contributed by atoms with van der Waals surface area (Å²) >= 11 is 0. The molecular formula is C11H18O2. The number of ether oxygens (including phenoxy) is 2. The van der Waals surface area contributed by atoms with Crippen LogP contribution >= 0.6 is 0 Å².